The third kappa shape index (κ3) is 7.51. The first-order valence-electron chi connectivity index (χ1n) is 20.7. The van der Waals surface area contributed by atoms with Crippen LogP contribution in [0.5, 0.6) is 0 Å². The maximum Gasteiger partial charge on any atom is 0.242 e. The molecule has 0 radical (unpaired) electrons. The van der Waals surface area contributed by atoms with Gasteiger partial charge >= 0.3 is 0 Å². The Morgan fingerprint density at radius 2 is 0.917 bits per heavy atom. The number of hydrogen-bond acceptors (Lipinski definition) is 4. The van der Waals surface area contributed by atoms with Gasteiger partial charge in [-0.2, -0.15) is 9.97 Å². The lowest BCUT2D eigenvalue weighted by molar-refractivity contribution is 1.02. The summed E-state index contributed by atoms with van der Waals surface area (Å²) in [5.74, 6) is 1.77. The van der Waals surface area contributed by atoms with E-state index < -0.39 is 0 Å². The Morgan fingerprint density at radius 1 is 0.400 bits per heavy atom. The van der Waals surface area contributed by atoms with Crippen molar-refractivity contribution in [3.8, 4) is 33.9 Å². The molecule has 0 spiro atoms. The van der Waals surface area contributed by atoms with E-state index in [1.807, 2.05) is 18.2 Å². The Hall–Kier alpha value is -7.11. The lowest BCUT2D eigenvalue weighted by Crippen LogP contribution is -2.55. The van der Waals surface area contributed by atoms with Crippen LogP contribution in [0.2, 0.25) is 0 Å². The van der Waals surface area contributed by atoms with Crippen LogP contribution in [-0.2, 0) is 0 Å². The van der Waals surface area contributed by atoms with Crippen LogP contribution in [0.4, 0.5) is 17.3 Å². The van der Waals surface area contributed by atoms with Crippen LogP contribution < -0.4 is 21.3 Å². The van der Waals surface area contributed by atoms with E-state index in [0.29, 0.717) is 17.6 Å². The molecule has 0 unspecified atom stereocenters. The first kappa shape index (κ1) is 38.4. The number of nitrogens with zero attached hydrogens (tertiary/aromatic N) is 4. The zero-order valence-corrected chi connectivity index (χ0v) is 35.1. The first-order valence-corrected chi connectivity index (χ1v) is 20.7. The largest absolute Gasteiger partial charge is 0.279 e. The van der Waals surface area contributed by atoms with Crippen molar-refractivity contribution < 1.29 is 0 Å². The maximum absolute atomic E-state index is 5.35. The van der Waals surface area contributed by atoms with E-state index in [1.165, 1.54) is 49.8 Å². The first-order chi connectivity index (χ1) is 29.2. The van der Waals surface area contributed by atoms with Gasteiger partial charge in [0.15, 0.2) is 11.6 Å². The zero-order valence-electron chi connectivity index (χ0n) is 35.1. The smallest absolute Gasteiger partial charge is 0.242 e. The number of hydrogen-bond donors (Lipinski definition) is 0. The van der Waals surface area contributed by atoms with Crippen LogP contribution in [0.15, 0.2) is 176 Å². The molecule has 0 saturated heterocycles. The van der Waals surface area contributed by atoms with E-state index in [1.54, 1.807) is 0 Å². The van der Waals surface area contributed by atoms with Gasteiger partial charge in [0.25, 0.3) is 0 Å². The highest BCUT2D eigenvalue weighted by molar-refractivity contribution is 6.96. The molecule has 0 N–H and O–H groups in total. The Balaban J connectivity index is 1.27. The Kier molecular flexibility index (Phi) is 10.4. The summed E-state index contributed by atoms with van der Waals surface area (Å²) >= 11 is 0. The lowest BCUT2D eigenvalue weighted by Gasteiger charge is -2.27. The summed E-state index contributed by atoms with van der Waals surface area (Å²) in [7, 11) is 0. The summed E-state index contributed by atoms with van der Waals surface area (Å²) in [5, 5.41) is 2.22. The van der Waals surface area contributed by atoms with E-state index in [-0.39, 0.29) is 6.71 Å². The third-order valence-corrected chi connectivity index (χ3v) is 11.6. The minimum Gasteiger partial charge on any atom is -0.279 e. The number of fused-ring (bicyclic) bond motifs is 1. The molecule has 0 aliphatic rings. The van der Waals surface area contributed by atoms with Crippen LogP contribution in [0.25, 0.3) is 44.7 Å². The number of aryl methyl sites for hydroxylation is 6. The van der Waals surface area contributed by atoms with Gasteiger partial charge in [-0.25, -0.2) is 4.98 Å². The highest BCUT2D eigenvalue weighted by Crippen LogP contribution is 2.37. The van der Waals surface area contributed by atoms with Crippen molar-refractivity contribution >= 4 is 51.2 Å². The molecule has 0 aliphatic carbocycles. The van der Waals surface area contributed by atoms with Gasteiger partial charge in [0, 0.05) is 22.5 Å². The zero-order chi connectivity index (χ0) is 41.3. The molecule has 0 atom stereocenters. The summed E-state index contributed by atoms with van der Waals surface area (Å²) < 4.78 is 0. The molecule has 5 heteroatoms. The van der Waals surface area contributed by atoms with E-state index >= 15 is 0 Å². The minimum atomic E-state index is 0.0509. The van der Waals surface area contributed by atoms with Gasteiger partial charge in [-0.3, -0.25) is 4.90 Å². The maximum atomic E-state index is 5.35. The fourth-order valence-corrected chi connectivity index (χ4v) is 9.14. The number of aromatic nitrogens is 3. The fraction of sp³-hybridized carbons (Fsp3) is 0.109. The van der Waals surface area contributed by atoms with Crippen LogP contribution in [0.3, 0.4) is 0 Å². The summed E-state index contributed by atoms with van der Waals surface area (Å²) in [6, 6.07) is 62.5. The normalized spacial score (nSPS) is 11.2. The average Bonchev–Trinajstić information content (AvgIpc) is 3.26. The van der Waals surface area contributed by atoms with Crippen LogP contribution >= 0.6 is 0 Å². The second-order valence-electron chi connectivity index (χ2n) is 16.1. The molecule has 0 bridgehead atoms. The van der Waals surface area contributed by atoms with Crippen molar-refractivity contribution in [2.24, 2.45) is 0 Å². The fourth-order valence-electron chi connectivity index (χ4n) is 9.14. The molecule has 9 rings (SSSR count). The second-order valence-corrected chi connectivity index (χ2v) is 16.1. The molecule has 290 valence electrons. The SMILES string of the molecule is Cc1cc(C)c(B(c2ccc(N(c3cccc(-c4ccccc4)c3)c3nc(-c4ccccc4)nc(-c4cccc5ccccc45)n3)cc2)c2c(C)cc(C)cc2C)c(C)c1. The Labute approximate surface area is 354 Å². The molecular weight excluding hydrogens is 727 g/mol. The lowest BCUT2D eigenvalue weighted by atomic mass is 9.34. The topological polar surface area (TPSA) is 41.9 Å². The summed E-state index contributed by atoms with van der Waals surface area (Å²) in [4.78, 5) is 18.0. The highest BCUT2D eigenvalue weighted by Gasteiger charge is 2.29. The summed E-state index contributed by atoms with van der Waals surface area (Å²) in [5.41, 5.74) is 17.8. The highest BCUT2D eigenvalue weighted by atomic mass is 15.3. The molecule has 0 amide bonds. The van der Waals surface area contributed by atoms with E-state index in [9.17, 15) is 0 Å². The molecule has 8 aromatic carbocycles. The molecule has 60 heavy (non-hydrogen) atoms. The molecule has 1 aromatic heterocycles. The molecule has 9 aromatic rings. The third-order valence-electron chi connectivity index (χ3n) is 11.6. The molecule has 0 fully saturated rings. The standard InChI is InChI=1S/C55H47BN4/c1-36-31-38(3)51(39(4)32-36)56(52-40(5)33-37(2)34-41(52)6)46-27-29-47(30-28-46)60(48-24-15-23-45(35-48)42-17-9-7-10-18-42)55-58-53(44-20-11-8-12-21-44)57-54(59-55)50-26-16-22-43-19-13-14-25-49(43)50/h7-35H,1-6H3. The predicted octanol–water partition coefficient (Wildman–Crippen LogP) is 11.9. The number of rotatable bonds is 9. The van der Waals surface area contributed by atoms with Gasteiger partial charge in [-0.1, -0.05) is 201 Å². The van der Waals surface area contributed by atoms with E-state index in [2.05, 4.69) is 204 Å². The van der Waals surface area contributed by atoms with E-state index in [4.69, 9.17) is 15.0 Å². The summed E-state index contributed by atoms with van der Waals surface area (Å²) in [6.07, 6.45) is 0. The van der Waals surface area contributed by atoms with Crippen molar-refractivity contribution in [1.82, 2.24) is 15.0 Å². The number of benzene rings is 8. The van der Waals surface area contributed by atoms with Crippen LogP contribution in [0.1, 0.15) is 33.4 Å². The van der Waals surface area contributed by atoms with Crippen molar-refractivity contribution in [1.29, 1.82) is 0 Å². The predicted molar refractivity (Wildman–Crippen MR) is 254 cm³/mol. The van der Waals surface area contributed by atoms with Gasteiger partial charge in [0.2, 0.25) is 12.7 Å². The number of anilines is 3. The Morgan fingerprint density at radius 3 is 1.55 bits per heavy atom. The van der Waals surface area contributed by atoms with Gasteiger partial charge in [-0.15, -0.1) is 0 Å². The second kappa shape index (κ2) is 16.3. The van der Waals surface area contributed by atoms with Crippen molar-refractivity contribution in [3.63, 3.8) is 0 Å². The molecule has 0 aliphatic heterocycles. The van der Waals surface area contributed by atoms with Crippen molar-refractivity contribution in [3.05, 3.63) is 209 Å². The molecule has 4 nitrogen and oxygen atoms in total. The molecule has 1 heterocycles. The van der Waals surface area contributed by atoms with Crippen molar-refractivity contribution in [2.75, 3.05) is 4.90 Å². The van der Waals surface area contributed by atoms with Crippen LogP contribution in [-0.4, -0.2) is 21.7 Å². The Bertz CT molecular complexity index is 2890. The average molecular weight is 775 g/mol. The van der Waals surface area contributed by atoms with E-state index in [0.717, 1.165) is 44.4 Å². The monoisotopic (exact) mass is 774 g/mol. The quantitative estimate of drug-likeness (QED) is 0.137. The minimum absolute atomic E-state index is 0.0509. The summed E-state index contributed by atoms with van der Waals surface area (Å²) in [6.45, 7) is 13.5. The van der Waals surface area contributed by atoms with Gasteiger partial charge in [0.05, 0.1) is 0 Å². The van der Waals surface area contributed by atoms with Crippen LogP contribution in [0, 0.1) is 41.5 Å². The molecular formula is C55H47BN4. The van der Waals surface area contributed by atoms with Crippen molar-refractivity contribution in [2.45, 2.75) is 41.5 Å². The van der Waals surface area contributed by atoms with Gasteiger partial charge < -0.3 is 0 Å². The van der Waals surface area contributed by atoms with Gasteiger partial charge in [-0.05, 0) is 87.7 Å². The molecule has 0 saturated carbocycles. The van der Waals surface area contributed by atoms with Gasteiger partial charge in [0.1, 0.15) is 0 Å².